The fraction of sp³-hybridized carbons (Fsp3) is 0. The Kier molecular flexibility index (Phi) is 2.04. The van der Waals surface area contributed by atoms with Crippen LogP contribution in [-0.2, 0) is 0 Å². The van der Waals surface area contributed by atoms with Crippen molar-refractivity contribution in [2.24, 2.45) is 0 Å². The lowest BCUT2D eigenvalue weighted by molar-refractivity contribution is -0.664. The molecule has 0 N–H and O–H groups in total. The standard InChI is InChI=1S/C12H8FN3O/c13-9-5-7-10(8-6-9)15-14-11-3-1-2-4-12(11)16(15)17/h1-8H. The molecular formula is C12H8FN3O. The fourth-order valence-electron chi connectivity index (χ4n) is 1.69. The molecule has 0 atom stereocenters. The van der Waals surface area contributed by atoms with Crippen molar-refractivity contribution in [3.05, 3.63) is 59.6 Å². The van der Waals surface area contributed by atoms with Gasteiger partial charge >= 0.3 is 0 Å². The minimum atomic E-state index is -0.345. The van der Waals surface area contributed by atoms with Crippen LogP contribution in [0.2, 0.25) is 0 Å². The predicted molar refractivity (Wildman–Crippen MR) is 60.0 cm³/mol. The molecule has 3 rings (SSSR count). The molecule has 0 aliphatic heterocycles. The van der Waals surface area contributed by atoms with Crippen molar-refractivity contribution in [1.29, 1.82) is 0 Å². The number of nitrogens with zero attached hydrogens (tertiary/aromatic N) is 3. The van der Waals surface area contributed by atoms with Gasteiger partial charge in [0.2, 0.25) is 11.0 Å². The molecule has 17 heavy (non-hydrogen) atoms. The van der Waals surface area contributed by atoms with Gasteiger partial charge in [-0.3, -0.25) is 0 Å². The van der Waals surface area contributed by atoms with E-state index >= 15 is 0 Å². The summed E-state index contributed by atoms with van der Waals surface area (Å²) in [6, 6.07) is 12.6. The van der Waals surface area contributed by atoms with E-state index in [1.807, 2.05) is 6.07 Å². The van der Waals surface area contributed by atoms with Crippen molar-refractivity contribution in [3.63, 3.8) is 0 Å². The van der Waals surface area contributed by atoms with E-state index < -0.39 is 0 Å². The number of benzene rings is 2. The zero-order valence-electron chi connectivity index (χ0n) is 8.75. The summed E-state index contributed by atoms with van der Waals surface area (Å²) in [5.74, 6) is -0.345. The molecule has 1 aromatic heterocycles. The molecule has 0 saturated heterocycles. The molecule has 0 unspecified atom stereocenters. The second-order valence-electron chi connectivity index (χ2n) is 3.63. The molecule has 0 aliphatic rings. The van der Waals surface area contributed by atoms with E-state index in [4.69, 9.17) is 0 Å². The third-order valence-corrected chi connectivity index (χ3v) is 2.52. The molecule has 0 aliphatic carbocycles. The molecule has 0 fully saturated rings. The molecule has 2 aromatic carbocycles. The number of aromatic nitrogens is 3. The average molecular weight is 229 g/mol. The van der Waals surface area contributed by atoms with Crippen LogP contribution in [0.4, 0.5) is 4.39 Å². The number of para-hydroxylation sites is 1. The first-order valence-electron chi connectivity index (χ1n) is 5.09. The van der Waals surface area contributed by atoms with E-state index in [0.717, 1.165) is 0 Å². The van der Waals surface area contributed by atoms with Crippen LogP contribution < -0.4 is 4.85 Å². The van der Waals surface area contributed by atoms with E-state index in [2.05, 4.69) is 5.10 Å². The first-order valence-corrected chi connectivity index (χ1v) is 5.09. The van der Waals surface area contributed by atoms with Gasteiger partial charge in [0.15, 0.2) is 0 Å². The van der Waals surface area contributed by atoms with Crippen molar-refractivity contribution in [2.75, 3.05) is 0 Å². The van der Waals surface area contributed by atoms with Gasteiger partial charge in [0.25, 0.3) is 0 Å². The largest absolute Gasteiger partial charge is 0.692 e. The molecular weight excluding hydrogens is 221 g/mol. The summed E-state index contributed by atoms with van der Waals surface area (Å²) in [4.78, 5) is 1.88. The van der Waals surface area contributed by atoms with Crippen LogP contribution in [0.15, 0.2) is 48.5 Å². The lowest BCUT2D eigenvalue weighted by Crippen LogP contribution is -2.37. The summed E-state index contributed by atoms with van der Waals surface area (Å²) in [6.07, 6.45) is 0. The van der Waals surface area contributed by atoms with Crippen molar-refractivity contribution in [1.82, 2.24) is 9.90 Å². The van der Waals surface area contributed by atoms with Gasteiger partial charge in [0, 0.05) is 0 Å². The Morgan fingerprint density at radius 1 is 1.06 bits per heavy atom. The maximum Gasteiger partial charge on any atom is 0.250 e. The fourth-order valence-corrected chi connectivity index (χ4v) is 1.69. The highest BCUT2D eigenvalue weighted by atomic mass is 19.1. The maximum absolute atomic E-state index is 12.8. The summed E-state index contributed by atoms with van der Waals surface area (Å²) in [7, 11) is 0. The Labute approximate surface area is 96.1 Å². The normalized spacial score (nSPS) is 10.9. The molecule has 0 saturated carbocycles. The first-order chi connectivity index (χ1) is 8.25. The second-order valence-corrected chi connectivity index (χ2v) is 3.63. The Balaban J connectivity index is 2.24. The van der Waals surface area contributed by atoms with Gasteiger partial charge in [-0.1, -0.05) is 12.1 Å². The van der Waals surface area contributed by atoms with Crippen LogP contribution in [0.3, 0.4) is 0 Å². The lowest BCUT2D eigenvalue weighted by atomic mass is 10.3. The van der Waals surface area contributed by atoms with Gasteiger partial charge in [-0.15, -0.1) is 4.85 Å². The molecule has 5 heteroatoms. The van der Waals surface area contributed by atoms with Crippen LogP contribution >= 0.6 is 0 Å². The van der Waals surface area contributed by atoms with Crippen LogP contribution in [0.5, 0.6) is 0 Å². The molecule has 0 bridgehead atoms. The summed E-state index contributed by atoms with van der Waals surface area (Å²) in [5.41, 5.74) is 1.61. The average Bonchev–Trinajstić information content (AvgIpc) is 2.69. The van der Waals surface area contributed by atoms with Crippen molar-refractivity contribution < 1.29 is 9.24 Å². The van der Waals surface area contributed by atoms with Crippen molar-refractivity contribution in [2.45, 2.75) is 0 Å². The minimum Gasteiger partial charge on any atom is -0.692 e. The number of rotatable bonds is 1. The molecule has 3 aromatic rings. The van der Waals surface area contributed by atoms with Crippen LogP contribution in [0.25, 0.3) is 16.7 Å². The summed E-state index contributed by atoms with van der Waals surface area (Å²) in [5, 5.41) is 16.1. The van der Waals surface area contributed by atoms with E-state index in [-0.39, 0.29) is 5.82 Å². The Morgan fingerprint density at radius 2 is 1.76 bits per heavy atom. The number of hydrogen-bond donors (Lipinski definition) is 0. The van der Waals surface area contributed by atoms with Gasteiger partial charge in [-0.05, 0) is 41.2 Å². The van der Waals surface area contributed by atoms with Crippen LogP contribution in [0.1, 0.15) is 0 Å². The highest BCUT2D eigenvalue weighted by molar-refractivity contribution is 5.70. The number of halogens is 1. The third kappa shape index (κ3) is 1.52. The zero-order valence-corrected chi connectivity index (χ0v) is 8.75. The Hall–Kier alpha value is -2.43. The summed E-state index contributed by atoms with van der Waals surface area (Å²) in [6.45, 7) is 0. The molecule has 0 radical (unpaired) electrons. The van der Waals surface area contributed by atoms with Gasteiger partial charge in [-0.2, -0.15) is 0 Å². The SMILES string of the molecule is [O-][n+]1c2ccccc2nn1-c1ccc(F)cc1. The van der Waals surface area contributed by atoms with Crippen molar-refractivity contribution in [3.8, 4) is 5.69 Å². The monoisotopic (exact) mass is 229 g/mol. The second kappa shape index (κ2) is 3.55. The van der Waals surface area contributed by atoms with E-state index in [1.165, 1.54) is 29.1 Å². The van der Waals surface area contributed by atoms with E-state index in [0.29, 0.717) is 21.6 Å². The van der Waals surface area contributed by atoms with Gasteiger partial charge in [-0.25, -0.2) is 4.39 Å². The van der Waals surface area contributed by atoms with Gasteiger partial charge < -0.3 is 5.21 Å². The topological polar surface area (TPSA) is 44.8 Å². The highest BCUT2D eigenvalue weighted by Gasteiger charge is 2.14. The van der Waals surface area contributed by atoms with Crippen LogP contribution in [0, 0.1) is 11.0 Å². The van der Waals surface area contributed by atoms with Crippen LogP contribution in [-0.4, -0.2) is 9.90 Å². The molecule has 1 heterocycles. The molecule has 4 nitrogen and oxygen atoms in total. The molecule has 0 spiro atoms. The predicted octanol–water partition coefficient (Wildman–Crippen LogP) is 1.80. The lowest BCUT2D eigenvalue weighted by Gasteiger charge is -2.03. The Morgan fingerprint density at radius 3 is 2.47 bits per heavy atom. The molecule has 0 amide bonds. The first kappa shape index (κ1) is 9.77. The van der Waals surface area contributed by atoms with Crippen molar-refractivity contribution >= 4 is 11.0 Å². The number of fused-ring (bicyclic) bond motifs is 1. The number of hydrogen-bond acceptors (Lipinski definition) is 2. The maximum atomic E-state index is 12.8. The minimum absolute atomic E-state index is 0.345. The summed E-state index contributed by atoms with van der Waals surface area (Å²) >= 11 is 0. The summed E-state index contributed by atoms with van der Waals surface area (Å²) < 4.78 is 12.8. The smallest absolute Gasteiger partial charge is 0.250 e. The third-order valence-electron chi connectivity index (χ3n) is 2.52. The molecule has 84 valence electrons. The van der Waals surface area contributed by atoms with Gasteiger partial charge in [0.05, 0.1) is 5.10 Å². The van der Waals surface area contributed by atoms with E-state index in [1.54, 1.807) is 18.2 Å². The van der Waals surface area contributed by atoms with E-state index in [9.17, 15) is 9.60 Å². The highest BCUT2D eigenvalue weighted by Crippen LogP contribution is 2.10. The van der Waals surface area contributed by atoms with Gasteiger partial charge in [0.1, 0.15) is 11.5 Å². The quantitative estimate of drug-likeness (QED) is 0.471. The zero-order chi connectivity index (χ0) is 11.8. The Bertz CT molecular complexity index is 676.